The molecule has 6 nitrogen and oxygen atoms in total. The van der Waals surface area contributed by atoms with Gasteiger partial charge in [0.1, 0.15) is 24.2 Å². The number of hydrogen-bond donors (Lipinski definition) is 1. The van der Waals surface area contributed by atoms with Crippen molar-refractivity contribution in [3.63, 3.8) is 0 Å². The molecule has 0 fully saturated rings. The molecule has 2 N–H and O–H groups in total. The predicted octanol–water partition coefficient (Wildman–Crippen LogP) is 1.08. The molecular weight excluding hydrogens is 327 g/mol. The van der Waals surface area contributed by atoms with Gasteiger partial charge < -0.3 is 24.8 Å². The zero-order chi connectivity index (χ0) is 16.4. The summed E-state index contributed by atoms with van der Waals surface area (Å²) in [5.41, 5.74) is 5.76. The fraction of sp³-hybridized carbons (Fsp3) is 0.533. The van der Waals surface area contributed by atoms with E-state index >= 15 is 0 Å². The maximum absolute atomic E-state index is 12.8. The minimum absolute atomic E-state index is 0. The maximum atomic E-state index is 12.8. The molecule has 0 aliphatic heterocycles. The number of amides is 1. The van der Waals surface area contributed by atoms with Crippen LogP contribution in [0.1, 0.15) is 0 Å². The van der Waals surface area contributed by atoms with Gasteiger partial charge in [-0.15, -0.1) is 12.4 Å². The SMILES string of the molecule is COCCN(CCOc1ccc(F)cc1)C(=O)C(N)COC.Cl. The summed E-state index contributed by atoms with van der Waals surface area (Å²) >= 11 is 0. The van der Waals surface area contributed by atoms with E-state index < -0.39 is 6.04 Å². The third kappa shape index (κ3) is 8.13. The Morgan fingerprint density at radius 3 is 2.35 bits per heavy atom. The molecule has 1 amide bonds. The lowest BCUT2D eigenvalue weighted by Crippen LogP contribution is -2.48. The van der Waals surface area contributed by atoms with Crippen LogP contribution >= 0.6 is 12.4 Å². The molecule has 0 saturated carbocycles. The molecule has 0 aliphatic carbocycles. The van der Waals surface area contributed by atoms with Crippen molar-refractivity contribution in [1.29, 1.82) is 0 Å². The van der Waals surface area contributed by atoms with Crippen molar-refractivity contribution in [2.75, 3.05) is 47.1 Å². The lowest BCUT2D eigenvalue weighted by Gasteiger charge is -2.25. The highest BCUT2D eigenvalue weighted by atomic mass is 35.5. The molecule has 1 rings (SSSR count). The third-order valence-electron chi connectivity index (χ3n) is 2.98. The van der Waals surface area contributed by atoms with E-state index in [1.807, 2.05) is 0 Å². The van der Waals surface area contributed by atoms with Gasteiger partial charge in [-0.2, -0.15) is 0 Å². The lowest BCUT2D eigenvalue weighted by atomic mass is 10.2. The van der Waals surface area contributed by atoms with Gasteiger partial charge in [0.2, 0.25) is 5.91 Å². The van der Waals surface area contributed by atoms with Crippen molar-refractivity contribution in [3.05, 3.63) is 30.1 Å². The topological polar surface area (TPSA) is 74.0 Å². The number of hydrogen-bond acceptors (Lipinski definition) is 5. The Kier molecular flexibility index (Phi) is 11.3. The molecule has 0 aliphatic rings. The van der Waals surface area contributed by atoms with Crippen LogP contribution in [0.5, 0.6) is 5.75 Å². The Labute approximate surface area is 142 Å². The molecule has 132 valence electrons. The molecule has 0 bridgehead atoms. The maximum Gasteiger partial charge on any atom is 0.242 e. The van der Waals surface area contributed by atoms with Gasteiger partial charge >= 0.3 is 0 Å². The molecule has 0 radical (unpaired) electrons. The predicted molar refractivity (Wildman–Crippen MR) is 87.5 cm³/mol. The normalized spacial score (nSPS) is 11.5. The van der Waals surface area contributed by atoms with E-state index in [0.717, 1.165) is 0 Å². The van der Waals surface area contributed by atoms with E-state index in [1.165, 1.54) is 31.4 Å². The Morgan fingerprint density at radius 2 is 1.78 bits per heavy atom. The van der Waals surface area contributed by atoms with Crippen LogP contribution in [0.25, 0.3) is 0 Å². The van der Waals surface area contributed by atoms with Crippen molar-refractivity contribution in [3.8, 4) is 5.75 Å². The number of carbonyl (C=O) groups excluding carboxylic acids is 1. The van der Waals surface area contributed by atoms with Gasteiger partial charge in [-0.1, -0.05) is 0 Å². The Bertz CT molecular complexity index is 448. The van der Waals surface area contributed by atoms with Gasteiger partial charge in [-0.25, -0.2) is 4.39 Å². The van der Waals surface area contributed by atoms with E-state index in [0.29, 0.717) is 25.4 Å². The number of ether oxygens (including phenoxy) is 3. The number of methoxy groups -OCH3 is 2. The fourth-order valence-corrected chi connectivity index (χ4v) is 1.82. The van der Waals surface area contributed by atoms with Gasteiger partial charge in [-0.3, -0.25) is 4.79 Å². The summed E-state index contributed by atoms with van der Waals surface area (Å²) in [6, 6.07) is 4.99. The van der Waals surface area contributed by atoms with Crippen molar-refractivity contribution >= 4 is 18.3 Å². The Hall–Kier alpha value is -1.41. The highest BCUT2D eigenvalue weighted by Gasteiger charge is 2.20. The molecule has 1 unspecified atom stereocenters. The summed E-state index contributed by atoms with van der Waals surface area (Å²) in [6.07, 6.45) is 0. The number of benzene rings is 1. The zero-order valence-electron chi connectivity index (χ0n) is 13.4. The molecule has 0 saturated heterocycles. The molecule has 1 aromatic rings. The van der Waals surface area contributed by atoms with Crippen molar-refractivity contribution in [2.24, 2.45) is 5.73 Å². The summed E-state index contributed by atoms with van der Waals surface area (Å²) in [4.78, 5) is 13.8. The molecule has 1 atom stereocenters. The molecule has 23 heavy (non-hydrogen) atoms. The van der Waals surface area contributed by atoms with Gasteiger partial charge in [0, 0.05) is 20.8 Å². The number of nitrogens with zero attached hydrogens (tertiary/aromatic N) is 1. The van der Waals surface area contributed by atoms with Crippen LogP contribution in [0.3, 0.4) is 0 Å². The van der Waals surface area contributed by atoms with Crippen molar-refractivity contribution < 1.29 is 23.4 Å². The summed E-state index contributed by atoms with van der Waals surface area (Å²) in [5.74, 6) is -0.00174. The standard InChI is InChI=1S/C15H23FN2O4.ClH/c1-20-9-7-18(15(19)14(17)11-21-2)8-10-22-13-5-3-12(16)4-6-13;/h3-6,14H,7-11,17H2,1-2H3;1H. The summed E-state index contributed by atoms with van der Waals surface area (Å²) < 4.78 is 28.2. The summed E-state index contributed by atoms with van der Waals surface area (Å²) in [6.45, 7) is 1.61. The minimum Gasteiger partial charge on any atom is -0.492 e. The molecule has 0 spiro atoms. The minimum atomic E-state index is -0.715. The zero-order valence-corrected chi connectivity index (χ0v) is 14.2. The van der Waals surface area contributed by atoms with Crippen LogP contribution in [0, 0.1) is 5.82 Å². The van der Waals surface area contributed by atoms with Gasteiger partial charge in [-0.05, 0) is 24.3 Å². The van der Waals surface area contributed by atoms with Crippen LogP contribution in [0.2, 0.25) is 0 Å². The molecule has 8 heteroatoms. The summed E-state index contributed by atoms with van der Waals surface area (Å²) in [5, 5.41) is 0. The first-order valence-corrected chi connectivity index (χ1v) is 6.99. The second-order valence-corrected chi connectivity index (χ2v) is 4.68. The monoisotopic (exact) mass is 350 g/mol. The van der Waals surface area contributed by atoms with Crippen LogP contribution in [-0.4, -0.2) is 64.0 Å². The lowest BCUT2D eigenvalue weighted by molar-refractivity contribution is -0.134. The van der Waals surface area contributed by atoms with Crippen LogP contribution in [-0.2, 0) is 14.3 Å². The van der Waals surface area contributed by atoms with Gasteiger partial charge in [0.15, 0.2) is 0 Å². The molecular formula is C15H24ClFN2O4. The molecule has 1 aromatic carbocycles. The average Bonchev–Trinajstić information content (AvgIpc) is 2.52. The van der Waals surface area contributed by atoms with Crippen LogP contribution in [0.15, 0.2) is 24.3 Å². The number of nitrogens with two attached hydrogens (primary N) is 1. The molecule has 0 aromatic heterocycles. The van der Waals surface area contributed by atoms with Gasteiger partial charge in [0.25, 0.3) is 0 Å². The number of halogens is 2. The van der Waals surface area contributed by atoms with Crippen LogP contribution < -0.4 is 10.5 Å². The van der Waals surface area contributed by atoms with E-state index in [4.69, 9.17) is 19.9 Å². The highest BCUT2D eigenvalue weighted by molar-refractivity contribution is 5.85. The van der Waals surface area contributed by atoms with E-state index in [9.17, 15) is 9.18 Å². The average molecular weight is 351 g/mol. The fourth-order valence-electron chi connectivity index (χ4n) is 1.82. The quantitative estimate of drug-likeness (QED) is 0.683. The Balaban J connectivity index is 0.00000484. The number of carbonyl (C=O) groups is 1. The van der Waals surface area contributed by atoms with E-state index in [2.05, 4.69) is 0 Å². The largest absolute Gasteiger partial charge is 0.492 e. The first-order chi connectivity index (χ1) is 10.6. The van der Waals surface area contributed by atoms with Crippen molar-refractivity contribution in [1.82, 2.24) is 4.90 Å². The van der Waals surface area contributed by atoms with E-state index in [1.54, 1.807) is 12.0 Å². The Morgan fingerprint density at radius 1 is 1.17 bits per heavy atom. The van der Waals surface area contributed by atoms with Crippen molar-refractivity contribution in [2.45, 2.75) is 6.04 Å². The highest BCUT2D eigenvalue weighted by Crippen LogP contribution is 2.11. The third-order valence-corrected chi connectivity index (χ3v) is 2.98. The van der Waals surface area contributed by atoms with E-state index in [-0.39, 0.29) is 37.3 Å². The number of rotatable bonds is 10. The second kappa shape index (κ2) is 12.1. The second-order valence-electron chi connectivity index (χ2n) is 4.68. The first kappa shape index (κ1) is 21.6. The first-order valence-electron chi connectivity index (χ1n) is 6.99. The van der Waals surface area contributed by atoms with Crippen LogP contribution in [0.4, 0.5) is 4.39 Å². The summed E-state index contributed by atoms with van der Waals surface area (Å²) in [7, 11) is 3.05. The molecule has 0 heterocycles. The smallest absolute Gasteiger partial charge is 0.242 e. The van der Waals surface area contributed by atoms with Gasteiger partial charge in [0.05, 0.1) is 19.8 Å².